The predicted octanol–water partition coefficient (Wildman–Crippen LogP) is 2.21. The van der Waals surface area contributed by atoms with Gasteiger partial charge in [-0.05, 0) is 58.4 Å². The van der Waals surface area contributed by atoms with Crippen LogP contribution in [0.5, 0.6) is 5.75 Å². The molecule has 2 N–H and O–H groups in total. The van der Waals surface area contributed by atoms with Gasteiger partial charge in [-0.2, -0.15) is 0 Å². The summed E-state index contributed by atoms with van der Waals surface area (Å²) < 4.78 is 27.3. The van der Waals surface area contributed by atoms with Crippen LogP contribution >= 0.6 is 0 Å². The summed E-state index contributed by atoms with van der Waals surface area (Å²) in [6.07, 6.45) is -0.627. The van der Waals surface area contributed by atoms with Crippen molar-refractivity contribution in [2.75, 3.05) is 34.0 Å². The number of esters is 1. The average molecular weight is 495 g/mol. The van der Waals surface area contributed by atoms with Gasteiger partial charge in [0, 0.05) is 39.2 Å². The smallest absolute Gasteiger partial charge is 0.306 e. The van der Waals surface area contributed by atoms with Crippen molar-refractivity contribution < 1.29 is 38.4 Å². The van der Waals surface area contributed by atoms with Crippen molar-refractivity contribution in [1.82, 2.24) is 5.32 Å². The van der Waals surface area contributed by atoms with Crippen molar-refractivity contribution >= 4 is 17.8 Å². The number of carbonyl (C=O) groups is 2. The molecular weight excluding hydrogens is 456 g/mol. The molecule has 196 valence electrons. The monoisotopic (exact) mass is 494 g/mol. The Bertz CT molecular complexity index is 861. The first-order valence-corrected chi connectivity index (χ1v) is 11.7. The largest absolute Gasteiger partial charge is 0.494 e. The maximum Gasteiger partial charge on any atom is 0.306 e. The molecule has 0 aromatic heterocycles. The summed E-state index contributed by atoms with van der Waals surface area (Å²) in [5, 5.41) is 11.7. The lowest BCUT2D eigenvalue weighted by atomic mass is 9.88. The number of nitrogens with zero attached hydrogens (tertiary/aromatic N) is 1. The lowest BCUT2D eigenvalue weighted by Gasteiger charge is -2.29. The van der Waals surface area contributed by atoms with Crippen LogP contribution < -0.4 is 10.1 Å². The minimum Gasteiger partial charge on any atom is -0.494 e. The number of carbonyl (C=O) groups excluding carboxylic acids is 2. The molecule has 10 heteroatoms. The Morgan fingerprint density at radius 2 is 1.86 bits per heavy atom. The van der Waals surface area contributed by atoms with Crippen molar-refractivity contribution in [1.29, 1.82) is 0 Å². The second kappa shape index (κ2) is 12.9. The number of hydrogen-bond acceptors (Lipinski definition) is 9. The quantitative estimate of drug-likeness (QED) is 0.243. The van der Waals surface area contributed by atoms with Crippen LogP contribution in [0.2, 0.25) is 0 Å². The predicted molar refractivity (Wildman–Crippen MR) is 129 cm³/mol. The number of aliphatic hydroxyl groups is 1. The van der Waals surface area contributed by atoms with Gasteiger partial charge < -0.3 is 34.1 Å². The first-order chi connectivity index (χ1) is 16.5. The molecular formula is C25H38N2O8. The van der Waals surface area contributed by atoms with Gasteiger partial charge in [0.1, 0.15) is 17.5 Å². The Balaban J connectivity index is 2.26. The van der Waals surface area contributed by atoms with E-state index in [1.807, 2.05) is 0 Å². The highest BCUT2D eigenvalue weighted by molar-refractivity contribution is 6.00. The molecule has 1 heterocycles. The molecule has 35 heavy (non-hydrogen) atoms. The normalized spacial score (nSPS) is 19.8. The molecule has 0 radical (unpaired) electrons. The minimum absolute atomic E-state index is 0.00914. The fourth-order valence-electron chi connectivity index (χ4n) is 3.53. The highest BCUT2D eigenvalue weighted by Gasteiger charge is 2.50. The number of rotatable bonds is 13. The molecule has 0 fully saturated rings. The number of benzene rings is 1. The summed E-state index contributed by atoms with van der Waals surface area (Å²) in [7, 11) is 2.96. The highest BCUT2D eigenvalue weighted by atomic mass is 16.7. The average Bonchev–Trinajstić information content (AvgIpc) is 3.15. The van der Waals surface area contributed by atoms with E-state index in [9.17, 15) is 9.59 Å². The first kappa shape index (κ1) is 28.5. The van der Waals surface area contributed by atoms with Crippen LogP contribution in [0, 0.1) is 0 Å². The van der Waals surface area contributed by atoms with Crippen molar-refractivity contribution in [3.63, 3.8) is 0 Å². The molecule has 0 saturated carbocycles. The standard InChI is InChI=1S/C25H38N2O8/c1-17-25(13-12-20(29)35-24(2,3)4,23(30)26-16-21(31-5)32-6)27-22(34-17)18-8-10-19(11-9-18)33-15-7-14-28/h8-11,17,21,28H,7,12-16H2,1-6H3,(H,26,30)/t17-,25-/m1/s1. The molecule has 0 spiro atoms. The zero-order valence-corrected chi connectivity index (χ0v) is 21.5. The van der Waals surface area contributed by atoms with E-state index in [2.05, 4.69) is 5.32 Å². The van der Waals surface area contributed by atoms with Crippen LogP contribution in [0.3, 0.4) is 0 Å². The summed E-state index contributed by atoms with van der Waals surface area (Å²) in [6.45, 7) is 7.69. The topological polar surface area (TPSA) is 125 Å². The molecule has 2 rings (SSSR count). The second-order valence-electron chi connectivity index (χ2n) is 9.25. The highest BCUT2D eigenvalue weighted by Crippen LogP contribution is 2.34. The SMILES string of the molecule is COC(CNC(=O)[C@]1(CCC(=O)OC(C)(C)C)N=C(c2ccc(OCCCO)cc2)O[C@@H]1C)OC. The van der Waals surface area contributed by atoms with Gasteiger partial charge in [0.25, 0.3) is 5.91 Å². The van der Waals surface area contributed by atoms with Crippen LogP contribution in [0.1, 0.15) is 52.5 Å². The van der Waals surface area contributed by atoms with Crippen molar-refractivity contribution in [2.24, 2.45) is 4.99 Å². The van der Waals surface area contributed by atoms with Gasteiger partial charge in [-0.15, -0.1) is 0 Å². The van der Waals surface area contributed by atoms with Crippen molar-refractivity contribution in [3.05, 3.63) is 29.8 Å². The molecule has 0 aliphatic carbocycles. The minimum atomic E-state index is -1.34. The third-order valence-electron chi connectivity index (χ3n) is 5.41. The molecule has 1 aromatic rings. The summed E-state index contributed by atoms with van der Waals surface area (Å²) in [5.74, 6) is 0.130. The van der Waals surface area contributed by atoms with Gasteiger partial charge in [-0.1, -0.05) is 0 Å². The van der Waals surface area contributed by atoms with Crippen LogP contribution in [-0.2, 0) is 28.5 Å². The fraction of sp³-hybridized carbons (Fsp3) is 0.640. The van der Waals surface area contributed by atoms with E-state index < -0.39 is 35.4 Å². The summed E-state index contributed by atoms with van der Waals surface area (Å²) in [4.78, 5) is 30.5. The van der Waals surface area contributed by atoms with E-state index in [-0.39, 0.29) is 26.0 Å². The van der Waals surface area contributed by atoms with Gasteiger partial charge in [-0.25, -0.2) is 4.99 Å². The molecule has 1 amide bonds. The molecule has 10 nitrogen and oxygen atoms in total. The third-order valence-corrected chi connectivity index (χ3v) is 5.41. The summed E-state index contributed by atoms with van der Waals surface area (Å²) in [5.41, 5.74) is -1.30. The maximum absolute atomic E-state index is 13.4. The van der Waals surface area contributed by atoms with Crippen LogP contribution in [0.15, 0.2) is 29.3 Å². The van der Waals surface area contributed by atoms with Crippen molar-refractivity contribution in [2.45, 2.75) is 70.5 Å². The number of methoxy groups -OCH3 is 2. The van der Waals surface area contributed by atoms with E-state index in [0.29, 0.717) is 30.2 Å². The van der Waals surface area contributed by atoms with E-state index in [1.165, 1.54) is 14.2 Å². The van der Waals surface area contributed by atoms with Crippen LogP contribution in [0.4, 0.5) is 0 Å². The summed E-state index contributed by atoms with van der Waals surface area (Å²) >= 11 is 0. The van der Waals surface area contributed by atoms with E-state index in [1.54, 1.807) is 52.0 Å². The number of hydrogen-bond donors (Lipinski definition) is 2. The lowest BCUT2D eigenvalue weighted by Crippen LogP contribution is -2.52. The van der Waals surface area contributed by atoms with Gasteiger partial charge in [-0.3, -0.25) is 9.59 Å². The summed E-state index contributed by atoms with van der Waals surface area (Å²) in [6, 6.07) is 7.11. The van der Waals surface area contributed by atoms with E-state index in [0.717, 1.165) is 0 Å². The maximum atomic E-state index is 13.4. The zero-order chi connectivity index (χ0) is 26.1. The molecule has 0 bridgehead atoms. The molecule has 0 saturated heterocycles. The number of ether oxygens (including phenoxy) is 5. The zero-order valence-electron chi connectivity index (χ0n) is 21.5. The Hall–Kier alpha value is -2.69. The number of aliphatic hydroxyl groups excluding tert-OH is 1. The molecule has 1 aromatic carbocycles. The van der Waals surface area contributed by atoms with Gasteiger partial charge >= 0.3 is 5.97 Å². The Morgan fingerprint density at radius 3 is 2.43 bits per heavy atom. The molecule has 2 atom stereocenters. The fourth-order valence-corrected chi connectivity index (χ4v) is 3.53. The van der Waals surface area contributed by atoms with Crippen LogP contribution in [-0.4, -0.2) is 80.4 Å². The number of aliphatic imine (C=N–C) groups is 1. The first-order valence-electron chi connectivity index (χ1n) is 11.7. The molecule has 1 aliphatic heterocycles. The Labute approximate surface area is 206 Å². The van der Waals surface area contributed by atoms with Gasteiger partial charge in [0.15, 0.2) is 11.8 Å². The van der Waals surface area contributed by atoms with Gasteiger partial charge in [0.2, 0.25) is 5.90 Å². The Kier molecular flexibility index (Phi) is 10.5. The lowest BCUT2D eigenvalue weighted by molar-refractivity contribution is -0.155. The number of amides is 1. The van der Waals surface area contributed by atoms with E-state index >= 15 is 0 Å². The third kappa shape index (κ3) is 8.19. The molecule has 1 aliphatic rings. The van der Waals surface area contributed by atoms with E-state index in [4.69, 9.17) is 33.8 Å². The van der Waals surface area contributed by atoms with Crippen molar-refractivity contribution in [3.8, 4) is 5.75 Å². The van der Waals surface area contributed by atoms with Gasteiger partial charge in [0.05, 0.1) is 13.2 Å². The Morgan fingerprint density at radius 1 is 1.20 bits per heavy atom. The second-order valence-corrected chi connectivity index (χ2v) is 9.25. The number of nitrogens with one attached hydrogen (secondary N) is 1. The van der Waals surface area contributed by atoms with Crippen LogP contribution in [0.25, 0.3) is 0 Å². The molecule has 0 unspecified atom stereocenters.